The third kappa shape index (κ3) is 3.50. The summed E-state index contributed by atoms with van der Waals surface area (Å²) in [5, 5.41) is 18.1. The quantitative estimate of drug-likeness (QED) is 0.392. The first kappa shape index (κ1) is 18.3. The van der Waals surface area contributed by atoms with Crippen molar-refractivity contribution in [2.45, 2.75) is 17.6 Å². The van der Waals surface area contributed by atoms with Crippen LogP contribution in [0.2, 0.25) is 0 Å². The number of aromatic nitrogens is 6. The fourth-order valence-corrected chi connectivity index (χ4v) is 3.94. The molecule has 30 heavy (non-hydrogen) atoms. The summed E-state index contributed by atoms with van der Waals surface area (Å²) in [7, 11) is 0. The second kappa shape index (κ2) is 7.96. The van der Waals surface area contributed by atoms with Gasteiger partial charge in [0.15, 0.2) is 11.0 Å². The predicted molar refractivity (Wildman–Crippen MR) is 113 cm³/mol. The van der Waals surface area contributed by atoms with E-state index in [4.69, 9.17) is 4.42 Å². The van der Waals surface area contributed by atoms with Crippen LogP contribution in [0.15, 0.2) is 87.4 Å². The first-order chi connectivity index (χ1) is 14.8. The van der Waals surface area contributed by atoms with Crippen LogP contribution in [-0.4, -0.2) is 29.8 Å². The standard InChI is InChI=1S/C21H16N6O2S/c28-20-17-10-4-5-11-18(17)22-25-27(20)14-30-21-24-23-19(15-7-2-1-3-8-15)26(21)13-16-9-6-12-29-16/h1-12H,13-14H2. The lowest BCUT2D eigenvalue weighted by Gasteiger charge is -2.09. The molecule has 0 aliphatic rings. The summed E-state index contributed by atoms with van der Waals surface area (Å²) in [5.74, 6) is 1.78. The smallest absolute Gasteiger partial charge is 0.278 e. The van der Waals surface area contributed by atoms with Gasteiger partial charge in [-0.25, -0.2) is 0 Å². The number of benzene rings is 2. The number of fused-ring (bicyclic) bond motifs is 1. The van der Waals surface area contributed by atoms with E-state index < -0.39 is 0 Å². The van der Waals surface area contributed by atoms with Crippen LogP contribution in [0, 0.1) is 0 Å². The van der Waals surface area contributed by atoms with Crippen molar-refractivity contribution >= 4 is 22.7 Å². The zero-order chi connectivity index (χ0) is 20.3. The Morgan fingerprint density at radius 2 is 1.73 bits per heavy atom. The molecule has 148 valence electrons. The van der Waals surface area contributed by atoms with Crippen LogP contribution in [0.3, 0.4) is 0 Å². The fourth-order valence-electron chi connectivity index (χ4n) is 3.12. The van der Waals surface area contributed by atoms with Crippen molar-refractivity contribution < 1.29 is 4.42 Å². The molecule has 0 aliphatic heterocycles. The number of nitrogens with zero attached hydrogens (tertiary/aromatic N) is 6. The van der Waals surface area contributed by atoms with E-state index in [2.05, 4.69) is 20.5 Å². The molecule has 2 aromatic carbocycles. The van der Waals surface area contributed by atoms with Gasteiger partial charge in [-0.15, -0.1) is 15.3 Å². The third-order valence-corrected chi connectivity index (χ3v) is 5.52. The van der Waals surface area contributed by atoms with Gasteiger partial charge in [0.2, 0.25) is 0 Å². The number of thioether (sulfide) groups is 1. The molecule has 0 spiro atoms. The van der Waals surface area contributed by atoms with Crippen molar-refractivity contribution in [3.63, 3.8) is 0 Å². The van der Waals surface area contributed by atoms with Gasteiger partial charge < -0.3 is 4.42 Å². The largest absolute Gasteiger partial charge is 0.467 e. The minimum Gasteiger partial charge on any atom is -0.467 e. The molecule has 3 heterocycles. The summed E-state index contributed by atoms with van der Waals surface area (Å²) in [4.78, 5) is 12.7. The van der Waals surface area contributed by atoms with E-state index in [0.717, 1.165) is 17.1 Å². The molecule has 0 saturated heterocycles. The van der Waals surface area contributed by atoms with Crippen LogP contribution in [0.1, 0.15) is 5.76 Å². The summed E-state index contributed by atoms with van der Waals surface area (Å²) in [6.45, 7) is 0.477. The molecule has 0 amide bonds. The Bertz CT molecular complexity index is 1350. The van der Waals surface area contributed by atoms with Crippen molar-refractivity contribution in [2.75, 3.05) is 0 Å². The summed E-state index contributed by atoms with van der Waals surface area (Å²) in [6.07, 6.45) is 1.64. The lowest BCUT2D eigenvalue weighted by Crippen LogP contribution is -2.23. The predicted octanol–water partition coefficient (Wildman–Crippen LogP) is 3.44. The molecule has 0 atom stereocenters. The lowest BCUT2D eigenvalue weighted by atomic mass is 10.2. The van der Waals surface area contributed by atoms with E-state index in [1.165, 1.54) is 16.4 Å². The first-order valence-corrected chi connectivity index (χ1v) is 10.2. The molecule has 0 radical (unpaired) electrons. The third-order valence-electron chi connectivity index (χ3n) is 4.59. The SMILES string of the molecule is O=c1c2ccccc2nnn1CSc1nnc(-c2ccccc2)n1Cc1ccco1. The molecule has 5 aromatic rings. The molecule has 3 aromatic heterocycles. The van der Waals surface area contributed by atoms with Crippen LogP contribution in [-0.2, 0) is 12.4 Å². The van der Waals surface area contributed by atoms with Gasteiger partial charge in [-0.3, -0.25) is 9.36 Å². The Hall–Kier alpha value is -3.72. The summed E-state index contributed by atoms with van der Waals surface area (Å²) in [6, 6.07) is 20.8. The van der Waals surface area contributed by atoms with Crippen molar-refractivity contribution in [3.05, 3.63) is 89.1 Å². The number of hydrogen-bond donors (Lipinski definition) is 0. The molecule has 0 N–H and O–H groups in total. The van der Waals surface area contributed by atoms with Gasteiger partial charge in [0.05, 0.1) is 24.1 Å². The van der Waals surface area contributed by atoms with E-state index in [1.807, 2.05) is 59.2 Å². The second-order valence-electron chi connectivity index (χ2n) is 6.52. The molecule has 0 unspecified atom stereocenters. The van der Waals surface area contributed by atoms with Gasteiger partial charge in [0.1, 0.15) is 11.3 Å². The first-order valence-electron chi connectivity index (χ1n) is 9.26. The second-order valence-corrected chi connectivity index (χ2v) is 7.43. The van der Waals surface area contributed by atoms with Crippen molar-refractivity contribution in [1.29, 1.82) is 0 Å². The highest BCUT2D eigenvalue weighted by molar-refractivity contribution is 7.98. The van der Waals surface area contributed by atoms with Crippen LogP contribution in [0.4, 0.5) is 0 Å². The maximum atomic E-state index is 12.7. The van der Waals surface area contributed by atoms with E-state index in [9.17, 15) is 4.79 Å². The monoisotopic (exact) mass is 416 g/mol. The van der Waals surface area contributed by atoms with Gasteiger partial charge in [-0.2, -0.15) is 4.68 Å². The Labute approximate surface area is 175 Å². The summed E-state index contributed by atoms with van der Waals surface area (Å²) < 4.78 is 8.82. The number of hydrogen-bond acceptors (Lipinski definition) is 7. The van der Waals surface area contributed by atoms with E-state index >= 15 is 0 Å². The minimum absolute atomic E-state index is 0.187. The average molecular weight is 416 g/mol. The molecular weight excluding hydrogens is 400 g/mol. The highest BCUT2D eigenvalue weighted by Gasteiger charge is 2.16. The van der Waals surface area contributed by atoms with Crippen molar-refractivity contribution in [1.82, 2.24) is 29.8 Å². The van der Waals surface area contributed by atoms with Gasteiger partial charge >= 0.3 is 0 Å². The van der Waals surface area contributed by atoms with Gasteiger partial charge in [0.25, 0.3) is 5.56 Å². The van der Waals surface area contributed by atoms with Gasteiger partial charge in [-0.05, 0) is 24.3 Å². The molecule has 8 nitrogen and oxygen atoms in total. The lowest BCUT2D eigenvalue weighted by molar-refractivity contribution is 0.485. The molecule has 0 aliphatic carbocycles. The highest BCUT2D eigenvalue weighted by atomic mass is 32.2. The van der Waals surface area contributed by atoms with Gasteiger partial charge in [-0.1, -0.05) is 59.4 Å². The fraction of sp³-hybridized carbons (Fsp3) is 0.0952. The van der Waals surface area contributed by atoms with Crippen LogP contribution < -0.4 is 5.56 Å². The minimum atomic E-state index is -0.187. The van der Waals surface area contributed by atoms with Crippen molar-refractivity contribution in [2.24, 2.45) is 0 Å². The van der Waals surface area contributed by atoms with Crippen LogP contribution >= 0.6 is 11.8 Å². The zero-order valence-electron chi connectivity index (χ0n) is 15.8. The van der Waals surface area contributed by atoms with E-state index in [1.54, 1.807) is 18.4 Å². The Balaban J connectivity index is 1.48. The highest BCUT2D eigenvalue weighted by Crippen LogP contribution is 2.25. The average Bonchev–Trinajstić information content (AvgIpc) is 3.45. The maximum Gasteiger partial charge on any atom is 0.278 e. The van der Waals surface area contributed by atoms with Crippen LogP contribution in [0.25, 0.3) is 22.3 Å². The molecule has 5 rings (SSSR count). The summed E-state index contributed by atoms with van der Waals surface area (Å²) >= 11 is 1.37. The van der Waals surface area contributed by atoms with E-state index in [-0.39, 0.29) is 11.4 Å². The molecular formula is C21H16N6O2S. The molecule has 0 bridgehead atoms. The van der Waals surface area contributed by atoms with E-state index in [0.29, 0.717) is 22.6 Å². The summed E-state index contributed by atoms with van der Waals surface area (Å²) in [5.41, 5.74) is 1.34. The molecule has 0 saturated carbocycles. The number of rotatable bonds is 6. The maximum absolute atomic E-state index is 12.7. The van der Waals surface area contributed by atoms with Crippen LogP contribution in [0.5, 0.6) is 0 Å². The Morgan fingerprint density at radius 3 is 2.57 bits per heavy atom. The normalized spacial score (nSPS) is 11.2. The molecule has 9 heteroatoms. The Kier molecular flexibility index (Phi) is 4.86. The zero-order valence-corrected chi connectivity index (χ0v) is 16.6. The van der Waals surface area contributed by atoms with Gasteiger partial charge in [0, 0.05) is 5.56 Å². The molecule has 0 fully saturated rings. The number of furan rings is 1. The topological polar surface area (TPSA) is 91.6 Å². The van der Waals surface area contributed by atoms with Crippen molar-refractivity contribution in [3.8, 4) is 11.4 Å². The Morgan fingerprint density at radius 1 is 0.900 bits per heavy atom.